The van der Waals surface area contributed by atoms with Crippen LogP contribution in [0.4, 0.5) is 16.3 Å². The Kier molecular flexibility index (Phi) is 5.83. The average Bonchev–Trinajstić information content (AvgIpc) is 3.22. The van der Waals surface area contributed by atoms with Crippen LogP contribution in [0.3, 0.4) is 0 Å². The van der Waals surface area contributed by atoms with Gasteiger partial charge in [-0.05, 0) is 38.5 Å². The van der Waals surface area contributed by atoms with Crippen molar-refractivity contribution in [1.29, 1.82) is 0 Å². The molecule has 0 radical (unpaired) electrons. The third-order valence-corrected chi connectivity index (χ3v) is 5.32. The zero-order valence-electron chi connectivity index (χ0n) is 18.7. The Labute approximate surface area is 191 Å². The predicted molar refractivity (Wildman–Crippen MR) is 127 cm³/mol. The molecule has 1 amide bonds. The van der Waals surface area contributed by atoms with E-state index in [-0.39, 0.29) is 12.3 Å². The molecule has 0 saturated carbocycles. The highest BCUT2D eigenvalue weighted by molar-refractivity contribution is 6.18. The van der Waals surface area contributed by atoms with Crippen LogP contribution in [0.25, 0.3) is 11.0 Å². The Bertz CT molecular complexity index is 1310. The molecule has 0 atom stereocenters. The molecular weight excluding hydrogens is 418 g/mol. The number of fused-ring (bicyclic) bond motifs is 1. The molecule has 3 N–H and O–H groups in total. The Morgan fingerprint density at radius 1 is 1.06 bits per heavy atom. The van der Waals surface area contributed by atoms with Crippen LogP contribution in [0.1, 0.15) is 42.3 Å². The first-order valence-corrected chi connectivity index (χ1v) is 10.5. The third-order valence-electron chi connectivity index (χ3n) is 5.32. The van der Waals surface area contributed by atoms with Crippen LogP contribution >= 0.6 is 0 Å². The summed E-state index contributed by atoms with van der Waals surface area (Å²) in [6.07, 6.45) is 2.09. The number of hydrogen-bond donors (Lipinski definition) is 3. The van der Waals surface area contributed by atoms with Gasteiger partial charge in [0.2, 0.25) is 0 Å². The monoisotopic (exact) mass is 443 g/mol. The van der Waals surface area contributed by atoms with Crippen molar-refractivity contribution in [2.24, 2.45) is 0 Å². The van der Waals surface area contributed by atoms with Crippen LogP contribution in [0.15, 0.2) is 67.1 Å². The van der Waals surface area contributed by atoms with E-state index in [1.54, 1.807) is 18.3 Å². The molecule has 0 spiro atoms. The van der Waals surface area contributed by atoms with E-state index in [9.17, 15) is 14.7 Å². The molecule has 8 nitrogen and oxygen atoms in total. The van der Waals surface area contributed by atoms with Gasteiger partial charge in [-0.15, -0.1) is 0 Å². The van der Waals surface area contributed by atoms with Gasteiger partial charge in [-0.2, -0.15) is 0 Å². The number of nitrogens with zero attached hydrogens (tertiary/aromatic N) is 3. The lowest BCUT2D eigenvalue weighted by molar-refractivity contribution is 0.0954. The number of carbonyl (C=O) groups excluding carboxylic acids is 1. The molecule has 0 aliphatic rings. The smallest absolute Gasteiger partial charge is 0.408 e. The summed E-state index contributed by atoms with van der Waals surface area (Å²) < 4.78 is 0. The number of aromatic nitrogens is 3. The van der Waals surface area contributed by atoms with Gasteiger partial charge in [0.25, 0.3) is 0 Å². The number of carbonyl (C=O) groups is 2. The number of anilines is 2. The molecule has 0 bridgehead atoms. The number of ketones is 1. The van der Waals surface area contributed by atoms with Crippen LogP contribution in [0.5, 0.6) is 0 Å². The summed E-state index contributed by atoms with van der Waals surface area (Å²) in [6, 6.07) is 16.5. The van der Waals surface area contributed by atoms with Gasteiger partial charge in [0.05, 0.1) is 10.9 Å². The van der Waals surface area contributed by atoms with E-state index in [2.05, 4.69) is 20.3 Å². The summed E-state index contributed by atoms with van der Waals surface area (Å²) in [7, 11) is 0. The van der Waals surface area contributed by atoms with Crippen LogP contribution in [0, 0.1) is 0 Å². The number of hydrogen-bond acceptors (Lipinski definition) is 5. The highest BCUT2D eigenvalue weighted by Crippen LogP contribution is 2.28. The number of nitrogens with one attached hydrogen (secondary N) is 2. The zero-order chi connectivity index (χ0) is 23.6. The number of benzene rings is 2. The lowest BCUT2D eigenvalue weighted by Gasteiger charge is -2.33. The minimum Gasteiger partial charge on any atom is -0.465 e. The van der Waals surface area contributed by atoms with E-state index in [1.165, 1.54) is 11.2 Å². The van der Waals surface area contributed by atoms with Gasteiger partial charge in [-0.25, -0.2) is 14.8 Å². The first-order chi connectivity index (χ1) is 15.7. The Hall–Kier alpha value is -4.20. The zero-order valence-corrected chi connectivity index (χ0v) is 18.7. The standard InChI is InChI=1S/C25H25N5O3/c1-25(2,3)30(24(32)33)14-16-8-7-11-18(12-16)29-23-20-19(13-26-22(20)27-15-28-23)21(31)17-9-5-4-6-10-17/h4-13,15H,14H2,1-3H3,(H,32,33)(H2,26,27,28,29). The van der Waals surface area contributed by atoms with E-state index >= 15 is 0 Å². The second kappa shape index (κ2) is 8.74. The summed E-state index contributed by atoms with van der Waals surface area (Å²) in [6.45, 7) is 5.82. The SMILES string of the molecule is CC(C)(C)N(Cc1cccc(Nc2ncnc3[nH]cc(C(=O)c4ccccc4)c23)c1)C(=O)O. The number of aromatic amines is 1. The highest BCUT2D eigenvalue weighted by Gasteiger charge is 2.26. The predicted octanol–water partition coefficient (Wildman–Crippen LogP) is 5.21. The fourth-order valence-corrected chi connectivity index (χ4v) is 3.64. The van der Waals surface area contributed by atoms with E-state index in [4.69, 9.17) is 0 Å². The van der Waals surface area contributed by atoms with Crippen molar-refractivity contribution in [2.75, 3.05) is 5.32 Å². The number of amides is 1. The van der Waals surface area contributed by atoms with Crippen molar-refractivity contribution in [3.8, 4) is 0 Å². The van der Waals surface area contributed by atoms with E-state index in [0.717, 1.165) is 11.3 Å². The number of rotatable bonds is 6. The fourth-order valence-electron chi connectivity index (χ4n) is 3.64. The molecule has 168 valence electrons. The molecule has 0 aliphatic heterocycles. The van der Waals surface area contributed by atoms with Crippen molar-refractivity contribution >= 4 is 34.4 Å². The van der Waals surface area contributed by atoms with E-state index in [1.807, 2.05) is 63.2 Å². The van der Waals surface area contributed by atoms with Gasteiger partial charge in [-0.1, -0.05) is 42.5 Å². The van der Waals surface area contributed by atoms with E-state index < -0.39 is 11.6 Å². The van der Waals surface area contributed by atoms with Crippen molar-refractivity contribution < 1.29 is 14.7 Å². The maximum Gasteiger partial charge on any atom is 0.408 e. The minimum absolute atomic E-state index is 0.129. The summed E-state index contributed by atoms with van der Waals surface area (Å²) >= 11 is 0. The first-order valence-electron chi connectivity index (χ1n) is 10.5. The topological polar surface area (TPSA) is 111 Å². The van der Waals surface area contributed by atoms with E-state index in [0.29, 0.717) is 28.0 Å². The van der Waals surface area contributed by atoms with Gasteiger partial charge in [0.15, 0.2) is 5.78 Å². The summed E-state index contributed by atoms with van der Waals surface area (Å²) in [5, 5.41) is 13.5. The molecule has 0 saturated heterocycles. The van der Waals surface area contributed by atoms with Gasteiger partial charge in [0.1, 0.15) is 17.8 Å². The van der Waals surface area contributed by atoms with Crippen LogP contribution in [0.2, 0.25) is 0 Å². The molecule has 0 aliphatic carbocycles. The molecule has 33 heavy (non-hydrogen) atoms. The van der Waals surface area contributed by atoms with Crippen molar-refractivity contribution in [3.05, 3.63) is 83.8 Å². The third kappa shape index (κ3) is 4.69. The van der Waals surface area contributed by atoms with Crippen molar-refractivity contribution in [2.45, 2.75) is 32.9 Å². The second-order valence-corrected chi connectivity index (χ2v) is 8.71. The molecule has 4 rings (SSSR count). The van der Waals surface area contributed by atoms with Crippen LogP contribution in [-0.4, -0.2) is 42.4 Å². The summed E-state index contributed by atoms with van der Waals surface area (Å²) in [4.78, 5) is 37.9. The summed E-state index contributed by atoms with van der Waals surface area (Å²) in [5.41, 5.74) is 2.62. The summed E-state index contributed by atoms with van der Waals surface area (Å²) in [5.74, 6) is 0.360. The maximum absolute atomic E-state index is 13.1. The average molecular weight is 444 g/mol. The Balaban J connectivity index is 1.66. The number of carboxylic acid groups (broad SMARTS) is 1. The highest BCUT2D eigenvalue weighted by atomic mass is 16.4. The molecule has 2 aromatic heterocycles. The van der Waals surface area contributed by atoms with Crippen LogP contribution in [-0.2, 0) is 6.54 Å². The lowest BCUT2D eigenvalue weighted by atomic mass is 10.0. The molecule has 8 heteroatoms. The Morgan fingerprint density at radius 3 is 2.52 bits per heavy atom. The second-order valence-electron chi connectivity index (χ2n) is 8.71. The van der Waals surface area contributed by atoms with Gasteiger partial charge in [0, 0.05) is 29.5 Å². The quantitative estimate of drug-likeness (QED) is 0.353. The fraction of sp³-hybridized carbons (Fsp3) is 0.200. The lowest BCUT2D eigenvalue weighted by Crippen LogP contribution is -2.44. The normalized spacial score (nSPS) is 11.4. The van der Waals surface area contributed by atoms with Crippen molar-refractivity contribution in [3.63, 3.8) is 0 Å². The Morgan fingerprint density at radius 2 is 1.82 bits per heavy atom. The van der Waals surface area contributed by atoms with Crippen LogP contribution < -0.4 is 5.32 Å². The van der Waals surface area contributed by atoms with Gasteiger partial charge < -0.3 is 15.4 Å². The molecule has 4 aromatic rings. The molecular formula is C25H25N5O3. The number of H-pyrrole nitrogens is 1. The maximum atomic E-state index is 13.1. The molecule has 0 fully saturated rings. The first kappa shape index (κ1) is 22.0. The van der Waals surface area contributed by atoms with Gasteiger partial charge in [-0.3, -0.25) is 9.69 Å². The molecule has 2 heterocycles. The molecule has 2 aromatic carbocycles. The van der Waals surface area contributed by atoms with Crippen molar-refractivity contribution in [1.82, 2.24) is 19.9 Å². The van der Waals surface area contributed by atoms with Gasteiger partial charge >= 0.3 is 6.09 Å². The molecule has 0 unspecified atom stereocenters. The minimum atomic E-state index is -0.977. The largest absolute Gasteiger partial charge is 0.465 e.